The second kappa shape index (κ2) is 6.31. The van der Waals surface area contributed by atoms with Crippen LogP contribution in [0.1, 0.15) is 35.7 Å². The highest BCUT2D eigenvalue weighted by atomic mass is 16.1. The van der Waals surface area contributed by atoms with Gasteiger partial charge >= 0.3 is 0 Å². The summed E-state index contributed by atoms with van der Waals surface area (Å²) < 4.78 is 0. The van der Waals surface area contributed by atoms with E-state index in [1.165, 1.54) is 5.56 Å². The van der Waals surface area contributed by atoms with Gasteiger partial charge in [0, 0.05) is 18.3 Å². The summed E-state index contributed by atoms with van der Waals surface area (Å²) in [7, 11) is 1.60. The number of hydrogen-bond donors (Lipinski definition) is 3. The summed E-state index contributed by atoms with van der Waals surface area (Å²) in [6.07, 6.45) is 0. The molecule has 0 aliphatic heterocycles. The third kappa shape index (κ3) is 3.34. The Kier molecular flexibility index (Phi) is 4.48. The van der Waals surface area contributed by atoms with Crippen molar-refractivity contribution in [2.24, 2.45) is 0 Å². The second-order valence-electron chi connectivity index (χ2n) is 5.25. The molecule has 2 rings (SSSR count). The smallest absolute Gasteiger partial charge is 0.251 e. The topological polar surface area (TPSA) is 67.2 Å². The summed E-state index contributed by atoms with van der Waals surface area (Å²) in [5, 5.41) is 5.94. The van der Waals surface area contributed by atoms with Crippen molar-refractivity contribution >= 4 is 23.0 Å². The molecule has 0 unspecified atom stereocenters. The summed E-state index contributed by atoms with van der Waals surface area (Å²) >= 11 is 0. The number of hydrogen-bond acceptors (Lipinski definition) is 3. The van der Waals surface area contributed by atoms with Gasteiger partial charge in [-0.3, -0.25) is 4.79 Å². The Balaban J connectivity index is 2.31. The van der Waals surface area contributed by atoms with Crippen molar-refractivity contribution in [3.8, 4) is 0 Å². The fourth-order valence-electron chi connectivity index (χ4n) is 2.22. The van der Waals surface area contributed by atoms with Gasteiger partial charge in [-0.25, -0.2) is 0 Å². The summed E-state index contributed by atoms with van der Waals surface area (Å²) in [5.41, 5.74) is 10.2. The second-order valence-corrected chi connectivity index (χ2v) is 5.25. The van der Waals surface area contributed by atoms with Crippen LogP contribution in [0.25, 0.3) is 0 Å². The summed E-state index contributed by atoms with van der Waals surface area (Å²) in [5.74, 6) is 0.274. The molecule has 0 spiro atoms. The molecule has 4 heteroatoms. The lowest BCUT2D eigenvalue weighted by Gasteiger charge is -2.16. The van der Waals surface area contributed by atoms with Crippen LogP contribution >= 0.6 is 0 Å². The molecule has 0 saturated heterocycles. The summed E-state index contributed by atoms with van der Waals surface area (Å²) in [4.78, 5) is 11.6. The Bertz CT molecular complexity index is 650. The van der Waals surface area contributed by atoms with Gasteiger partial charge in [-0.2, -0.15) is 0 Å². The number of carbonyl (C=O) groups is 1. The number of benzene rings is 2. The largest absolute Gasteiger partial charge is 0.397 e. The monoisotopic (exact) mass is 283 g/mol. The average molecular weight is 283 g/mol. The first-order chi connectivity index (χ1) is 10.0. The van der Waals surface area contributed by atoms with Crippen molar-refractivity contribution in [3.63, 3.8) is 0 Å². The standard InChI is InChI=1S/C17H21N3O/c1-11(2)13-6-4-5-7-15(13)20-16-9-8-12(10-14(16)18)17(21)19-3/h4-11,20H,18H2,1-3H3,(H,19,21). The molecule has 0 saturated carbocycles. The van der Waals surface area contributed by atoms with Crippen LogP contribution in [0.5, 0.6) is 0 Å². The number of rotatable bonds is 4. The van der Waals surface area contributed by atoms with E-state index in [9.17, 15) is 4.79 Å². The number of nitrogens with one attached hydrogen (secondary N) is 2. The molecule has 0 aliphatic rings. The molecule has 0 radical (unpaired) electrons. The van der Waals surface area contributed by atoms with E-state index in [1.807, 2.05) is 24.3 Å². The maximum absolute atomic E-state index is 11.6. The first-order valence-corrected chi connectivity index (χ1v) is 7.00. The highest BCUT2D eigenvalue weighted by Gasteiger charge is 2.09. The Hall–Kier alpha value is -2.49. The third-order valence-corrected chi connectivity index (χ3v) is 3.39. The molecule has 110 valence electrons. The molecule has 0 bridgehead atoms. The van der Waals surface area contributed by atoms with Crippen LogP contribution in [-0.2, 0) is 0 Å². The van der Waals surface area contributed by atoms with E-state index in [2.05, 4.69) is 30.5 Å². The molecule has 21 heavy (non-hydrogen) atoms. The maximum atomic E-state index is 11.6. The SMILES string of the molecule is CNC(=O)c1ccc(Nc2ccccc2C(C)C)c(N)c1. The van der Waals surface area contributed by atoms with E-state index in [0.717, 1.165) is 11.4 Å². The lowest BCUT2D eigenvalue weighted by molar-refractivity contribution is 0.0963. The van der Waals surface area contributed by atoms with Gasteiger partial charge in [0.25, 0.3) is 5.91 Å². The van der Waals surface area contributed by atoms with Crippen LogP contribution in [0, 0.1) is 0 Å². The van der Waals surface area contributed by atoms with Gasteiger partial charge in [-0.1, -0.05) is 32.0 Å². The normalized spacial score (nSPS) is 10.5. The zero-order chi connectivity index (χ0) is 15.4. The maximum Gasteiger partial charge on any atom is 0.251 e. The molecule has 0 heterocycles. The first kappa shape index (κ1) is 14.9. The summed E-state index contributed by atoms with van der Waals surface area (Å²) in [6.45, 7) is 4.30. The molecule has 1 amide bonds. The number of anilines is 3. The molecule has 2 aromatic carbocycles. The molecule has 4 nitrogen and oxygen atoms in total. The first-order valence-electron chi connectivity index (χ1n) is 7.00. The molecular weight excluding hydrogens is 262 g/mol. The Labute approximate surface area is 125 Å². The van der Waals surface area contributed by atoms with E-state index >= 15 is 0 Å². The fraction of sp³-hybridized carbons (Fsp3) is 0.235. The van der Waals surface area contributed by atoms with Crippen molar-refractivity contribution in [2.45, 2.75) is 19.8 Å². The van der Waals surface area contributed by atoms with Crippen LogP contribution in [0.2, 0.25) is 0 Å². The van der Waals surface area contributed by atoms with Crippen LogP contribution < -0.4 is 16.4 Å². The van der Waals surface area contributed by atoms with Gasteiger partial charge in [0.1, 0.15) is 0 Å². The lowest BCUT2D eigenvalue weighted by atomic mass is 10.0. The fourth-order valence-corrected chi connectivity index (χ4v) is 2.22. The zero-order valence-electron chi connectivity index (χ0n) is 12.6. The molecule has 0 fully saturated rings. The predicted molar refractivity (Wildman–Crippen MR) is 88.1 cm³/mol. The molecule has 0 atom stereocenters. The van der Waals surface area contributed by atoms with E-state index < -0.39 is 0 Å². The quantitative estimate of drug-likeness (QED) is 0.752. The van der Waals surface area contributed by atoms with E-state index in [4.69, 9.17) is 5.73 Å². The van der Waals surface area contributed by atoms with Gasteiger partial charge in [-0.15, -0.1) is 0 Å². The van der Waals surface area contributed by atoms with Gasteiger partial charge in [-0.05, 0) is 35.7 Å². The minimum absolute atomic E-state index is 0.143. The van der Waals surface area contributed by atoms with Crippen molar-refractivity contribution in [2.75, 3.05) is 18.1 Å². The highest BCUT2D eigenvalue weighted by molar-refractivity contribution is 5.96. The van der Waals surface area contributed by atoms with Crippen molar-refractivity contribution in [3.05, 3.63) is 53.6 Å². The number of carbonyl (C=O) groups excluding carboxylic acids is 1. The van der Waals surface area contributed by atoms with Gasteiger partial charge in [0.05, 0.1) is 11.4 Å². The molecule has 0 aliphatic carbocycles. The zero-order valence-corrected chi connectivity index (χ0v) is 12.6. The van der Waals surface area contributed by atoms with Crippen LogP contribution in [-0.4, -0.2) is 13.0 Å². The molecule has 0 aromatic heterocycles. The number of nitrogens with two attached hydrogens (primary N) is 1. The summed E-state index contributed by atoms with van der Waals surface area (Å²) in [6, 6.07) is 13.4. The average Bonchev–Trinajstić information content (AvgIpc) is 2.48. The number of amides is 1. The molecule has 2 aromatic rings. The van der Waals surface area contributed by atoms with Crippen LogP contribution in [0.4, 0.5) is 17.1 Å². The van der Waals surface area contributed by atoms with E-state index in [1.54, 1.807) is 19.2 Å². The Morgan fingerprint density at radius 3 is 2.43 bits per heavy atom. The van der Waals surface area contributed by atoms with Gasteiger partial charge in [0.15, 0.2) is 0 Å². The van der Waals surface area contributed by atoms with Crippen molar-refractivity contribution in [1.82, 2.24) is 5.32 Å². The van der Waals surface area contributed by atoms with E-state index in [-0.39, 0.29) is 5.91 Å². The molecular formula is C17H21N3O. The van der Waals surface area contributed by atoms with Gasteiger partial charge in [0.2, 0.25) is 0 Å². The predicted octanol–water partition coefficient (Wildman–Crippen LogP) is 3.50. The van der Waals surface area contributed by atoms with E-state index in [0.29, 0.717) is 17.2 Å². The van der Waals surface area contributed by atoms with Crippen molar-refractivity contribution < 1.29 is 4.79 Å². The minimum atomic E-state index is -0.143. The minimum Gasteiger partial charge on any atom is -0.397 e. The van der Waals surface area contributed by atoms with Crippen molar-refractivity contribution in [1.29, 1.82) is 0 Å². The third-order valence-electron chi connectivity index (χ3n) is 3.39. The number of nitrogen functional groups attached to an aromatic ring is 1. The molecule has 4 N–H and O–H groups in total. The highest BCUT2D eigenvalue weighted by Crippen LogP contribution is 2.29. The number of para-hydroxylation sites is 1. The van der Waals surface area contributed by atoms with Gasteiger partial charge < -0.3 is 16.4 Å². The Morgan fingerprint density at radius 1 is 1.10 bits per heavy atom. The van der Waals surface area contributed by atoms with Crippen LogP contribution in [0.3, 0.4) is 0 Å². The van der Waals surface area contributed by atoms with Crippen LogP contribution in [0.15, 0.2) is 42.5 Å². The Morgan fingerprint density at radius 2 is 1.81 bits per heavy atom. The lowest BCUT2D eigenvalue weighted by Crippen LogP contribution is -2.18.